The van der Waals surface area contributed by atoms with Crippen molar-refractivity contribution in [1.82, 2.24) is 0 Å². The van der Waals surface area contributed by atoms with Gasteiger partial charge in [-0.25, -0.2) is 0 Å². The number of ether oxygens (including phenoxy) is 1. The monoisotopic (exact) mass is 153 g/mol. The van der Waals surface area contributed by atoms with Crippen molar-refractivity contribution in [3.63, 3.8) is 0 Å². The maximum Gasteiger partial charge on any atom is 0.165 e. The Kier molecular flexibility index (Phi) is 1.97. The summed E-state index contributed by atoms with van der Waals surface area (Å²) in [5.74, 6) is -0.177. The number of ketones is 1. The third kappa shape index (κ3) is 1.41. The van der Waals surface area contributed by atoms with Gasteiger partial charge in [-0.3, -0.25) is 4.79 Å². The molecule has 1 unspecified atom stereocenters. The number of hydrogen-bond donors (Lipinski definition) is 0. The Bertz CT molecular complexity index is 215. The quantitative estimate of drug-likeness (QED) is 0.558. The molecule has 11 heavy (non-hydrogen) atoms. The average Bonchev–Trinajstić information content (AvgIpc) is 2.36. The van der Waals surface area contributed by atoms with Crippen LogP contribution in [0.4, 0.5) is 0 Å². The molecular weight excluding hydrogens is 142 g/mol. The Morgan fingerprint density at radius 2 is 2.36 bits per heavy atom. The fraction of sp³-hybridized carbons (Fsp3) is 0.750. The van der Waals surface area contributed by atoms with Crippen molar-refractivity contribution >= 4 is 5.78 Å². The van der Waals surface area contributed by atoms with Crippen molar-refractivity contribution in [3.8, 4) is 6.07 Å². The van der Waals surface area contributed by atoms with Crippen LogP contribution in [0, 0.1) is 22.7 Å². The van der Waals surface area contributed by atoms with Gasteiger partial charge in [0.05, 0.1) is 24.0 Å². The molecule has 1 aliphatic heterocycles. The topological polar surface area (TPSA) is 50.1 Å². The van der Waals surface area contributed by atoms with Crippen molar-refractivity contribution in [2.75, 3.05) is 13.2 Å². The van der Waals surface area contributed by atoms with Gasteiger partial charge in [-0.2, -0.15) is 5.26 Å². The van der Waals surface area contributed by atoms with E-state index in [1.54, 1.807) is 13.8 Å². The van der Waals surface area contributed by atoms with Gasteiger partial charge in [-0.05, 0) is 13.8 Å². The van der Waals surface area contributed by atoms with Crippen molar-refractivity contribution in [3.05, 3.63) is 0 Å². The molecule has 0 N–H and O–H groups in total. The van der Waals surface area contributed by atoms with E-state index in [9.17, 15) is 4.79 Å². The normalized spacial score (nSPS) is 25.2. The van der Waals surface area contributed by atoms with Gasteiger partial charge >= 0.3 is 0 Å². The minimum Gasteiger partial charge on any atom is -0.373 e. The molecule has 1 saturated heterocycles. The Labute approximate surface area is 66.0 Å². The first-order valence-electron chi connectivity index (χ1n) is 3.59. The molecule has 1 atom stereocenters. The summed E-state index contributed by atoms with van der Waals surface area (Å²) in [5.41, 5.74) is -0.576. The van der Waals surface area contributed by atoms with Crippen LogP contribution in [0.25, 0.3) is 0 Å². The van der Waals surface area contributed by atoms with E-state index in [-0.39, 0.29) is 18.3 Å². The largest absolute Gasteiger partial charge is 0.373 e. The van der Waals surface area contributed by atoms with E-state index in [0.717, 1.165) is 0 Å². The highest BCUT2D eigenvalue weighted by Crippen LogP contribution is 2.29. The van der Waals surface area contributed by atoms with Crippen LogP contribution in [0.5, 0.6) is 0 Å². The van der Waals surface area contributed by atoms with Crippen LogP contribution < -0.4 is 0 Å². The molecule has 0 spiro atoms. The summed E-state index contributed by atoms with van der Waals surface area (Å²) in [6, 6.07) is 2.11. The van der Waals surface area contributed by atoms with E-state index < -0.39 is 5.41 Å². The molecule has 60 valence electrons. The summed E-state index contributed by atoms with van der Waals surface area (Å²) in [6.07, 6.45) is 0. The number of nitriles is 1. The van der Waals surface area contributed by atoms with E-state index in [1.807, 2.05) is 0 Å². The molecule has 0 radical (unpaired) electrons. The first-order valence-corrected chi connectivity index (χ1v) is 3.59. The van der Waals surface area contributed by atoms with Crippen LogP contribution in [0.15, 0.2) is 0 Å². The van der Waals surface area contributed by atoms with E-state index in [2.05, 4.69) is 6.07 Å². The maximum atomic E-state index is 11.1. The third-order valence-corrected chi connectivity index (χ3v) is 2.08. The van der Waals surface area contributed by atoms with Crippen LogP contribution >= 0.6 is 0 Å². The molecule has 0 aromatic rings. The van der Waals surface area contributed by atoms with Gasteiger partial charge < -0.3 is 4.74 Å². The zero-order valence-corrected chi connectivity index (χ0v) is 6.76. The van der Waals surface area contributed by atoms with Crippen molar-refractivity contribution in [2.45, 2.75) is 13.8 Å². The van der Waals surface area contributed by atoms with E-state index in [4.69, 9.17) is 10.00 Å². The van der Waals surface area contributed by atoms with Crippen LogP contribution in [-0.4, -0.2) is 19.0 Å². The highest BCUT2D eigenvalue weighted by atomic mass is 16.5. The predicted molar refractivity (Wildman–Crippen MR) is 38.7 cm³/mol. The molecule has 1 aliphatic rings. The third-order valence-electron chi connectivity index (χ3n) is 2.08. The molecule has 0 bridgehead atoms. The smallest absolute Gasteiger partial charge is 0.165 e. The van der Waals surface area contributed by atoms with E-state index >= 15 is 0 Å². The summed E-state index contributed by atoms with van der Waals surface area (Å²) in [7, 11) is 0. The van der Waals surface area contributed by atoms with Crippen molar-refractivity contribution < 1.29 is 9.53 Å². The van der Waals surface area contributed by atoms with Gasteiger partial charge in [-0.15, -0.1) is 0 Å². The van der Waals surface area contributed by atoms with Gasteiger partial charge in [-0.1, -0.05) is 0 Å². The lowest BCUT2D eigenvalue weighted by Crippen LogP contribution is -2.28. The summed E-state index contributed by atoms with van der Waals surface area (Å²) in [4.78, 5) is 11.1. The summed E-state index contributed by atoms with van der Waals surface area (Å²) in [5, 5.41) is 8.71. The van der Waals surface area contributed by atoms with Crippen LogP contribution in [-0.2, 0) is 9.53 Å². The molecule has 1 rings (SSSR count). The lowest BCUT2D eigenvalue weighted by atomic mass is 9.79. The van der Waals surface area contributed by atoms with Crippen LogP contribution in [0.1, 0.15) is 13.8 Å². The molecule has 0 aliphatic carbocycles. The molecule has 3 nitrogen and oxygen atoms in total. The Morgan fingerprint density at radius 1 is 1.73 bits per heavy atom. The minimum absolute atomic E-state index is 0.0524. The van der Waals surface area contributed by atoms with Crippen molar-refractivity contribution in [1.29, 1.82) is 5.26 Å². The van der Waals surface area contributed by atoms with Gasteiger partial charge in [0.2, 0.25) is 0 Å². The number of Topliss-reactive ketones (excluding diaryl/α,β-unsaturated/α-hetero) is 1. The standard InChI is InChI=1S/C8H11NO2/c1-8(2,5-9)6-3-11-4-7(6)10/h6H,3-4H2,1-2H3. The van der Waals surface area contributed by atoms with Gasteiger partial charge in [0.15, 0.2) is 5.78 Å². The maximum absolute atomic E-state index is 11.1. The molecule has 1 heterocycles. The van der Waals surface area contributed by atoms with E-state index in [0.29, 0.717) is 6.61 Å². The number of rotatable bonds is 1. The Hall–Kier alpha value is -0.880. The summed E-state index contributed by atoms with van der Waals surface area (Å²) < 4.78 is 4.96. The van der Waals surface area contributed by atoms with Gasteiger partial charge in [0, 0.05) is 0 Å². The van der Waals surface area contributed by atoms with Gasteiger partial charge in [0.25, 0.3) is 0 Å². The average molecular weight is 153 g/mol. The lowest BCUT2D eigenvalue weighted by Gasteiger charge is -2.19. The second kappa shape index (κ2) is 2.63. The number of nitrogens with zero attached hydrogens (tertiary/aromatic N) is 1. The molecule has 3 heteroatoms. The minimum atomic E-state index is -0.576. The molecule has 0 aromatic heterocycles. The number of hydrogen-bond acceptors (Lipinski definition) is 3. The number of carbonyl (C=O) groups excluding carboxylic acids is 1. The van der Waals surface area contributed by atoms with Crippen molar-refractivity contribution in [2.24, 2.45) is 11.3 Å². The Morgan fingerprint density at radius 3 is 2.73 bits per heavy atom. The molecule has 0 amide bonds. The molecule has 0 aromatic carbocycles. The molecular formula is C8H11NO2. The summed E-state index contributed by atoms with van der Waals surface area (Å²) >= 11 is 0. The molecule has 1 fully saturated rings. The predicted octanol–water partition coefficient (Wildman–Crippen LogP) is 0.752. The highest BCUT2D eigenvalue weighted by molar-refractivity contribution is 5.84. The fourth-order valence-corrected chi connectivity index (χ4v) is 1.16. The van der Waals surface area contributed by atoms with Crippen LogP contribution in [0.3, 0.4) is 0 Å². The van der Waals surface area contributed by atoms with Gasteiger partial charge in [0.1, 0.15) is 6.61 Å². The Balaban J connectivity index is 2.76. The molecule has 0 saturated carbocycles. The first kappa shape index (κ1) is 8.22. The lowest BCUT2D eigenvalue weighted by molar-refractivity contribution is -0.122. The summed E-state index contributed by atoms with van der Waals surface area (Å²) in [6.45, 7) is 4.11. The zero-order valence-electron chi connectivity index (χ0n) is 6.76. The first-order chi connectivity index (χ1) is 5.08. The SMILES string of the molecule is CC(C)(C#N)C1COCC1=O. The second-order valence-corrected chi connectivity index (χ2v) is 3.37. The zero-order chi connectivity index (χ0) is 8.48. The highest BCUT2D eigenvalue weighted by Gasteiger charge is 2.38. The van der Waals surface area contributed by atoms with Crippen LogP contribution in [0.2, 0.25) is 0 Å². The van der Waals surface area contributed by atoms with E-state index in [1.165, 1.54) is 0 Å². The fourth-order valence-electron chi connectivity index (χ4n) is 1.16. The second-order valence-electron chi connectivity index (χ2n) is 3.37. The number of carbonyl (C=O) groups is 1.